The number of imidazole rings is 2. The van der Waals surface area contributed by atoms with Gasteiger partial charge in [0.05, 0.1) is 13.1 Å². The predicted molar refractivity (Wildman–Crippen MR) is 136 cm³/mol. The Hall–Kier alpha value is -3.92. The largest absolute Gasteiger partial charge is 0.244 e. The summed E-state index contributed by atoms with van der Waals surface area (Å²) >= 11 is 0. The minimum absolute atomic E-state index is 1.01. The van der Waals surface area contributed by atoms with Gasteiger partial charge in [-0.05, 0) is 61.1 Å². The summed E-state index contributed by atoms with van der Waals surface area (Å²) in [7, 11) is 0. The number of aromatic nitrogens is 4. The molecule has 5 rings (SSSR count). The average molecular weight is 449 g/mol. The van der Waals surface area contributed by atoms with E-state index < -0.39 is 0 Å². The van der Waals surface area contributed by atoms with Crippen LogP contribution in [0.25, 0.3) is 22.5 Å². The molecule has 0 saturated carbocycles. The fraction of sp³-hybridized carbons (Fsp3) is 0.200. The molecule has 0 atom stereocenters. The fourth-order valence-corrected chi connectivity index (χ4v) is 4.41. The van der Waals surface area contributed by atoms with E-state index in [1.165, 1.54) is 22.3 Å². The van der Waals surface area contributed by atoms with E-state index in [0.717, 1.165) is 50.2 Å². The summed E-state index contributed by atoms with van der Waals surface area (Å²) in [5.74, 6) is 0. The molecule has 4 heteroatoms. The minimum atomic E-state index is 1.01. The van der Waals surface area contributed by atoms with Gasteiger partial charge in [0.15, 0.2) is 11.4 Å². The van der Waals surface area contributed by atoms with E-state index in [0.29, 0.717) is 0 Å². The van der Waals surface area contributed by atoms with E-state index in [4.69, 9.17) is 0 Å². The Kier molecular flexibility index (Phi) is 6.96. The molecule has 0 aliphatic heterocycles. The average Bonchev–Trinajstić information content (AvgIpc) is 3.56. The molecule has 0 aliphatic rings. The van der Waals surface area contributed by atoms with Gasteiger partial charge < -0.3 is 0 Å². The number of nitrogens with zero attached hydrogens (tertiary/aromatic N) is 2. The van der Waals surface area contributed by atoms with Crippen LogP contribution in [0.3, 0.4) is 0 Å². The highest BCUT2D eigenvalue weighted by atomic mass is 15.0. The second-order valence-electron chi connectivity index (χ2n) is 8.86. The van der Waals surface area contributed by atoms with Crippen LogP contribution in [0.5, 0.6) is 0 Å². The smallest absolute Gasteiger partial charge is 0.242 e. The van der Waals surface area contributed by atoms with Gasteiger partial charge in [0.25, 0.3) is 0 Å². The molecule has 3 aromatic carbocycles. The lowest BCUT2D eigenvalue weighted by molar-refractivity contribution is -0.695. The number of H-pyrrole nitrogens is 2. The van der Waals surface area contributed by atoms with Crippen molar-refractivity contribution in [3.8, 4) is 22.5 Å². The van der Waals surface area contributed by atoms with Crippen LogP contribution in [0, 0.1) is 0 Å². The van der Waals surface area contributed by atoms with Crippen molar-refractivity contribution in [3.63, 3.8) is 0 Å². The van der Waals surface area contributed by atoms with E-state index in [1.807, 2.05) is 0 Å². The topological polar surface area (TPSA) is 39.3 Å². The molecule has 0 radical (unpaired) electrons. The zero-order chi connectivity index (χ0) is 23.0. The Bertz CT molecular complexity index is 1180. The Morgan fingerprint density at radius 3 is 1.32 bits per heavy atom. The molecule has 4 nitrogen and oxygen atoms in total. The van der Waals surface area contributed by atoms with Crippen LogP contribution in [0.1, 0.15) is 24.0 Å². The zero-order valence-electron chi connectivity index (χ0n) is 19.5. The quantitative estimate of drug-likeness (QED) is 0.264. The first-order chi connectivity index (χ1) is 16.8. The van der Waals surface area contributed by atoms with Gasteiger partial charge in [-0.3, -0.25) is 0 Å². The predicted octanol–water partition coefficient (Wildman–Crippen LogP) is 5.52. The van der Waals surface area contributed by atoms with Crippen molar-refractivity contribution < 1.29 is 9.13 Å². The second kappa shape index (κ2) is 10.8. The van der Waals surface area contributed by atoms with Crippen LogP contribution in [0.2, 0.25) is 0 Å². The molecule has 5 aromatic rings. The first-order valence-corrected chi connectivity index (χ1v) is 12.2. The van der Waals surface area contributed by atoms with Gasteiger partial charge in [-0.2, -0.15) is 0 Å². The standard InChI is InChI=1S/C30H30N4/c1-3-9-25(10-4-1)13-7-19-33-21-29(31-23-33)27-15-17-28(18-16-27)30-22-34(24-32-30)20-8-14-26-11-5-2-6-12-26/h1-6,9-12,15-18,21-24H,7-8,13-14,19-20H2/p+2. The van der Waals surface area contributed by atoms with Crippen molar-refractivity contribution in [2.75, 3.05) is 0 Å². The van der Waals surface area contributed by atoms with Crippen molar-refractivity contribution in [1.82, 2.24) is 9.97 Å². The number of aryl methyl sites for hydroxylation is 4. The summed E-state index contributed by atoms with van der Waals surface area (Å²) < 4.78 is 4.49. The first kappa shape index (κ1) is 21.9. The molecular formula is C30H32N4+2. The van der Waals surface area contributed by atoms with Crippen LogP contribution >= 0.6 is 0 Å². The first-order valence-electron chi connectivity index (χ1n) is 12.2. The SMILES string of the molecule is c1ccc(CCC[n+]2c[nH]c(-c3ccc(-c4c[n+](CCCc5ccccc5)c[nH]4)cc3)c2)cc1. The maximum Gasteiger partial charge on any atom is 0.242 e. The Balaban J connectivity index is 1.14. The van der Waals surface area contributed by atoms with E-state index in [9.17, 15) is 0 Å². The third kappa shape index (κ3) is 5.70. The van der Waals surface area contributed by atoms with E-state index in [1.54, 1.807) is 0 Å². The van der Waals surface area contributed by atoms with E-state index in [-0.39, 0.29) is 0 Å². The summed E-state index contributed by atoms with van der Waals surface area (Å²) in [6, 6.07) is 30.1. The molecule has 2 heterocycles. The van der Waals surface area contributed by atoms with Crippen LogP contribution in [0.4, 0.5) is 0 Å². The van der Waals surface area contributed by atoms with E-state index in [2.05, 4.69) is 129 Å². The highest BCUT2D eigenvalue weighted by Crippen LogP contribution is 2.21. The van der Waals surface area contributed by atoms with Crippen molar-refractivity contribution in [2.24, 2.45) is 0 Å². The number of benzene rings is 3. The minimum Gasteiger partial charge on any atom is -0.244 e. The lowest BCUT2D eigenvalue weighted by Gasteiger charge is -1.99. The highest BCUT2D eigenvalue weighted by molar-refractivity contribution is 5.65. The van der Waals surface area contributed by atoms with Gasteiger partial charge in [0.1, 0.15) is 12.4 Å². The van der Waals surface area contributed by atoms with Crippen molar-refractivity contribution in [1.29, 1.82) is 0 Å². The summed E-state index contributed by atoms with van der Waals surface area (Å²) in [5.41, 5.74) is 7.50. The monoisotopic (exact) mass is 448 g/mol. The number of rotatable bonds is 10. The van der Waals surface area contributed by atoms with Gasteiger partial charge in [-0.25, -0.2) is 19.1 Å². The third-order valence-electron chi connectivity index (χ3n) is 6.32. The zero-order valence-corrected chi connectivity index (χ0v) is 19.5. The van der Waals surface area contributed by atoms with Crippen molar-refractivity contribution in [2.45, 2.75) is 38.8 Å². The third-order valence-corrected chi connectivity index (χ3v) is 6.32. The van der Waals surface area contributed by atoms with Crippen molar-refractivity contribution in [3.05, 3.63) is 121 Å². The number of hydrogen-bond acceptors (Lipinski definition) is 0. The molecule has 0 unspecified atom stereocenters. The molecule has 0 aliphatic carbocycles. The molecule has 34 heavy (non-hydrogen) atoms. The molecule has 0 fully saturated rings. The van der Waals surface area contributed by atoms with Crippen LogP contribution in [-0.2, 0) is 25.9 Å². The molecule has 0 amide bonds. The molecule has 0 bridgehead atoms. The fourth-order valence-electron chi connectivity index (χ4n) is 4.41. The Morgan fingerprint density at radius 2 is 0.912 bits per heavy atom. The molecule has 2 aromatic heterocycles. The molecular weight excluding hydrogens is 416 g/mol. The summed E-state index contributed by atoms with van der Waals surface area (Å²) in [4.78, 5) is 6.84. The lowest BCUT2D eigenvalue weighted by Crippen LogP contribution is -2.30. The summed E-state index contributed by atoms with van der Waals surface area (Å²) in [6.45, 7) is 2.02. The maximum absolute atomic E-state index is 3.42. The van der Waals surface area contributed by atoms with Gasteiger partial charge in [0.2, 0.25) is 12.7 Å². The van der Waals surface area contributed by atoms with Crippen LogP contribution < -0.4 is 9.13 Å². The van der Waals surface area contributed by atoms with Crippen molar-refractivity contribution >= 4 is 0 Å². The van der Waals surface area contributed by atoms with Gasteiger partial charge in [0, 0.05) is 11.1 Å². The molecule has 170 valence electrons. The highest BCUT2D eigenvalue weighted by Gasteiger charge is 2.11. The van der Waals surface area contributed by atoms with Crippen LogP contribution in [-0.4, -0.2) is 9.97 Å². The normalized spacial score (nSPS) is 11.1. The lowest BCUT2D eigenvalue weighted by atomic mass is 10.1. The Morgan fingerprint density at radius 1 is 0.500 bits per heavy atom. The molecule has 2 N–H and O–H groups in total. The van der Waals surface area contributed by atoms with Crippen LogP contribution in [0.15, 0.2) is 110 Å². The summed E-state index contributed by atoms with van der Waals surface area (Å²) in [5, 5.41) is 0. The molecule has 0 saturated heterocycles. The van der Waals surface area contributed by atoms with Gasteiger partial charge in [-0.15, -0.1) is 0 Å². The van der Waals surface area contributed by atoms with Gasteiger partial charge >= 0.3 is 0 Å². The van der Waals surface area contributed by atoms with E-state index >= 15 is 0 Å². The number of aromatic amines is 2. The number of hydrogen-bond donors (Lipinski definition) is 2. The Labute approximate surface area is 201 Å². The number of nitrogens with one attached hydrogen (secondary N) is 2. The summed E-state index contributed by atoms with van der Waals surface area (Å²) in [6.07, 6.45) is 13.0. The van der Waals surface area contributed by atoms with Gasteiger partial charge in [-0.1, -0.05) is 60.7 Å². The second-order valence-corrected chi connectivity index (χ2v) is 8.86. The maximum atomic E-state index is 3.42. The molecule has 0 spiro atoms.